The Hall–Kier alpha value is -2.63. The molecule has 2 aromatic rings. The number of carboxylic acids is 1. The van der Waals surface area contributed by atoms with Gasteiger partial charge >= 0.3 is 18.3 Å². The predicted octanol–water partition coefficient (Wildman–Crippen LogP) is 3.24. The molecule has 27 heavy (non-hydrogen) atoms. The van der Waals surface area contributed by atoms with Gasteiger partial charge in [-0.2, -0.15) is 26.3 Å². The number of hydrogen-bond donors (Lipinski definition) is 0. The molecule has 12 heteroatoms. The minimum Gasteiger partial charge on any atom is -0.550 e. The minimum absolute atomic E-state index is 0.00658. The summed E-state index contributed by atoms with van der Waals surface area (Å²) in [6.07, 6.45) is -10.3. The van der Waals surface area contributed by atoms with Crippen molar-refractivity contribution in [3.8, 4) is 0 Å². The van der Waals surface area contributed by atoms with Gasteiger partial charge in [-0.3, -0.25) is 4.79 Å². The van der Waals surface area contributed by atoms with Gasteiger partial charge in [-0.1, -0.05) is 19.1 Å². The fourth-order valence-corrected chi connectivity index (χ4v) is 2.83. The smallest absolute Gasteiger partial charge is 0.472 e. The number of carboxylic acid groups (broad SMARTS) is 1. The van der Waals surface area contributed by atoms with Crippen LogP contribution in [0.15, 0.2) is 29.6 Å². The van der Waals surface area contributed by atoms with Gasteiger partial charge < -0.3 is 9.90 Å². The molecule has 0 fully saturated rings. The molecule has 146 valence electrons. The molecule has 5 nitrogen and oxygen atoms in total. The largest absolute Gasteiger partial charge is 0.550 e. The molecule has 0 bridgehead atoms. The molecular weight excluding hydrogens is 402 g/mol. The quantitative estimate of drug-likeness (QED) is 0.725. The number of aromatic nitrogens is 1. The number of benzene rings is 1. The van der Waals surface area contributed by atoms with E-state index in [0.29, 0.717) is 5.38 Å². The number of carbonyl (C=O) groups excluding carboxylic acids is 2. The molecule has 0 N–H and O–H groups in total. The zero-order valence-corrected chi connectivity index (χ0v) is 14.1. The summed E-state index contributed by atoms with van der Waals surface area (Å²) in [4.78, 5) is 25.6. The third-order valence-electron chi connectivity index (χ3n) is 3.42. The van der Waals surface area contributed by atoms with Crippen molar-refractivity contribution in [1.82, 2.24) is 4.98 Å². The summed E-state index contributed by atoms with van der Waals surface area (Å²) in [5.74, 6) is -4.95. The summed E-state index contributed by atoms with van der Waals surface area (Å²) in [7, 11) is 0. The predicted molar refractivity (Wildman–Crippen MR) is 80.2 cm³/mol. The molecule has 0 aliphatic carbocycles. The topological polar surface area (TPSA) is 73.3 Å². The summed E-state index contributed by atoms with van der Waals surface area (Å²) in [5.41, 5.74) is -1.69. The maximum absolute atomic E-state index is 12.9. The van der Waals surface area contributed by atoms with Crippen LogP contribution in [-0.2, 0) is 15.8 Å². The molecule has 1 aromatic heterocycles. The Morgan fingerprint density at radius 3 is 2.07 bits per heavy atom. The number of anilines is 2. The van der Waals surface area contributed by atoms with E-state index in [1.807, 2.05) is 0 Å². The van der Waals surface area contributed by atoms with Gasteiger partial charge in [0, 0.05) is 17.3 Å². The van der Waals surface area contributed by atoms with Crippen LogP contribution in [0.1, 0.15) is 24.1 Å². The number of carbonyl (C=O) groups is 2. The van der Waals surface area contributed by atoms with E-state index in [9.17, 15) is 41.0 Å². The average molecular weight is 411 g/mol. The summed E-state index contributed by atoms with van der Waals surface area (Å²) in [6, 6.07) is 4.22. The third kappa shape index (κ3) is 4.56. The van der Waals surface area contributed by atoms with Crippen LogP contribution in [0.25, 0.3) is 0 Å². The van der Waals surface area contributed by atoms with Crippen molar-refractivity contribution < 1.29 is 41.0 Å². The first-order valence-electron chi connectivity index (χ1n) is 7.07. The number of rotatable bonds is 4. The van der Waals surface area contributed by atoms with Gasteiger partial charge in [-0.05, 0) is 17.7 Å². The van der Waals surface area contributed by atoms with Crippen LogP contribution in [0, 0.1) is 0 Å². The van der Waals surface area contributed by atoms with Crippen LogP contribution >= 0.6 is 11.3 Å². The number of aliphatic carboxylic acids is 1. The first-order valence-corrected chi connectivity index (χ1v) is 7.95. The van der Waals surface area contributed by atoms with Crippen LogP contribution in [0.2, 0.25) is 0 Å². The Kier molecular flexibility index (Phi) is 5.50. The number of hydrogen-bond acceptors (Lipinski definition) is 5. The van der Waals surface area contributed by atoms with Gasteiger partial charge in [0.1, 0.15) is 0 Å². The number of amides is 1. The van der Waals surface area contributed by atoms with E-state index in [2.05, 4.69) is 4.98 Å². The van der Waals surface area contributed by atoms with Crippen molar-refractivity contribution in [2.24, 2.45) is 0 Å². The molecule has 0 saturated carbocycles. The first-order chi connectivity index (χ1) is 12.3. The van der Waals surface area contributed by atoms with E-state index in [1.165, 1.54) is 6.92 Å². The molecule has 1 aromatic carbocycles. The van der Waals surface area contributed by atoms with Crippen molar-refractivity contribution in [2.75, 3.05) is 4.90 Å². The van der Waals surface area contributed by atoms with E-state index in [4.69, 9.17) is 0 Å². The van der Waals surface area contributed by atoms with E-state index < -0.39 is 46.7 Å². The average Bonchev–Trinajstić information content (AvgIpc) is 3.04. The zero-order chi connectivity index (χ0) is 20.6. The molecule has 0 saturated heterocycles. The highest BCUT2D eigenvalue weighted by molar-refractivity contribution is 7.14. The molecule has 1 amide bonds. The summed E-state index contributed by atoms with van der Waals surface area (Å²) in [6.45, 7) is 1.28. The number of thiazole rings is 1. The van der Waals surface area contributed by atoms with Crippen molar-refractivity contribution >= 4 is 34.0 Å². The Balaban J connectivity index is 2.49. The molecule has 0 aliphatic rings. The molecule has 1 atom stereocenters. The van der Waals surface area contributed by atoms with Gasteiger partial charge in [-0.25, -0.2) is 9.88 Å². The highest BCUT2D eigenvalue weighted by Crippen LogP contribution is 2.37. The fourth-order valence-electron chi connectivity index (χ4n) is 1.99. The summed E-state index contributed by atoms with van der Waals surface area (Å²) in [5, 5.41) is 10.5. The lowest BCUT2D eigenvalue weighted by Crippen LogP contribution is -2.38. The van der Waals surface area contributed by atoms with Crippen LogP contribution < -0.4 is 10.0 Å². The summed E-state index contributed by atoms with van der Waals surface area (Å²) < 4.78 is 76.7. The van der Waals surface area contributed by atoms with Crippen molar-refractivity contribution in [3.63, 3.8) is 0 Å². The van der Waals surface area contributed by atoms with E-state index in [-0.39, 0.29) is 21.8 Å². The van der Waals surface area contributed by atoms with E-state index in [1.54, 1.807) is 0 Å². The van der Waals surface area contributed by atoms with Crippen LogP contribution in [-0.4, -0.2) is 23.0 Å². The number of halogens is 6. The van der Waals surface area contributed by atoms with Gasteiger partial charge in [-0.15, -0.1) is 11.3 Å². The maximum atomic E-state index is 12.9. The van der Waals surface area contributed by atoms with Crippen molar-refractivity contribution in [2.45, 2.75) is 25.2 Å². The molecule has 1 unspecified atom stereocenters. The second-order valence-corrected chi connectivity index (χ2v) is 6.12. The lowest BCUT2D eigenvalue weighted by Gasteiger charge is -2.22. The number of nitrogens with zero attached hydrogens (tertiary/aromatic N) is 2. The molecule has 0 aliphatic heterocycles. The zero-order valence-electron chi connectivity index (χ0n) is 13.3. The van der Waals surface area contributed by atoms with E-state index in [0.717, 1.165) is 24.3 Å². The van der Waals surface area contributed by atoms with E-state index >= 15 is 0 Å². The van der Waals surface area contributed by atoms with Crippen LogP contribution in [0.4, 0.5) is 37.2 Å². The second kappa shape index (κ2) is 7.18. The fraction of sp³-hybridized carbons (Fsp3) is 0.267. The Bertz CT molecular complexity index is 844. The maximum Gasteiger partial charge on any atom is 0.472 e. The highest BCUT2D eigenvalue weighted by Gasteiger charge is 2.45. The van der Waals surface area contributed by atoms with Gasteiger partial charge in [0.15, 0.2) is 10.8 Å². The normalized spacial score (nSPS) is 13.3. The SMILES string of the molecule is CC(C(=O)[O-])c1ccc(N(C(=O)C(F)(F)F)c2nc(C(F)(F)F)cs2)cc1. The molecule has 0 radical (unpaired) electrons. The van der Waals surface area contributed by atoms with Gasteiger partial charge in [0.2, 0.25) is 0 Å². The van der Waals surface area contributed by atoms with Gasteiger partial charge in [0.05, 0.1) is 5.69 Å². The molecule has 1 heterocycles. The van der Waals surface area contributed by atoms with Crippen molar-refractivity contribution in [3.05, 3.63) is 40.9 Å². The second-order valence-electron chi connectivity index (χ2n) is 5.28. The standard InChI is InChI=1S/C15H10F6N2O3S/c1-7(11(24)25)8-2-4-9(5-3-8)23(12(26)15(19,20)21)13-22-10(6-27-13)14(16,17)18/h2-7H,1H3,(H,24,25)/p-1. The third-order valence-corrected chi connectivity index (χ3v) is 4.25. The van der Waals surface area contributed by atoms with Crippen LogP contribution in [0.5, 0.6) is 0 Å². The van der Waals surface area contributed by atoms with Crippen LogP contribution in [0.3, 0.4) is 0 Å². The molecular formula is C15H9F6N2O3S-. The minimum atomic E-state index is -5.37. The molecule has 0 spiro atoms. The highest BCUT2D eigenvalue weighted by atomic mass is 32.1. The summed E-state index contributed by atoms with van der Waals surface area (Å²) >= 11 is 0.209. The molecule has 2 rings (SSSR count). The Morgan fingerprint density at radius 2 is 1.67 bits per heavy atom. The lowest BCUT2D eigenvalue weighted by molar-refractivity contribution is -0.307. The number of alkyl halides is 6. The Morgan fingerprint density at radius 1 is 1.11 bits per heavy atom. The van der Waals surface area contributed by atoms with Gasteiger partial charge in [0.25, 0.3) is 0 Å². The monoisotopic (exact) mass is 411 g/mol. The first kappa shape index (κ1) is 20.7. The Labute approximate surface area is 151 Å². The lowest BCUT2D eigenvalue weighted by atomic mass is 10.0. The van der Waals surface area contributed by atoms with Crippen molar-refractivity contribution in [1.29, 1.82) is 0 Å².